The number of imidazole rings is 1. The van der Waals surface area contributed by atoms with Crippen LogP contribution >= 0.6 is 11.6 Å². The van der Waals surface area contributed by atoms with Crippen molar-refractivity contribution in [2.75, 3.05) is 0 Å². The third kappa shape index (κ3) is 4.35. The summed E-state index contributed by atoms with van der Waals surface area (Å²) in [6.45, 7) is 0.282. The first-order valence-corrected chi connectivity index (χ1v) is 9.33. The average molecular weight is 413 g/mol. The number of fused-ring (bicyclic) bond motifs is 1. The van der Waals surface area contributed by atoms with Crippen molar-refractivity contribution in [1.29, 1.82) is 0 Å². The summed E-state index contributed by atoms with van der Waals surface area (Å²) in [6, 6.07) is 20.3. The molecule has 0 saturated heterocycles. The molecule has 0 aliphatic carbocycles. The van der Waals surface area contributed by atoms with Crippen molar-refractivity contribution in [1.82, 2.24) is 9.55 Å². The molecule has 4 aromatic rings. The van der Waals surface area contributed by atoms with Crippen LogP contribution in [-0.2, 0) is 12.7 Å². The maximum Gasteiger partial charge on any atom is 0.416 e. The predicted octanol–water partition coefficient (Wildman–Crippen LogP) is 6.93. The minimum absolute atomic E-state index is 0.282. The number of benzene rings is 3. The lowest BCUT2D eigenvalue weighted by molar-refractivity contribution is -0.137. The van der Waals surface area contributed by atoms with E-state index >= 15 is 0 Å². The van der Waals surface area contributed by atoms with Gasteiger partial charge >= 0.3 is 6.18 Å². The molecule has 0 spiro atoms. The molecule has 1 heterocycles. The largest absolute Gasteiger partial charge is 0.416 e. The van der Waals surface area contributed by atoms with Crippen LogP contribution in [-0.4, -0.2) is 9.55 Å². The summed E-state index contributed by atoms with van der Waals surface area (Å²) in [5.74, 6) is 0.665. The number of aromatic nitrogens is 2. The van der Waals surface area contributed by atoms with E-state index in [1.54, 1.807) is 18.2 Å². The van der Waals surface area contributed by atoms with Gasteiger partial charge in [0.15, 0.2) is 0 Å². The number of hydrogen-bond acceptors (Lipinski definition) is 1. The van der Waals surface area contributed by atoms with Gasteiger partial charge in [-0.1, -0.05) is 54.1 Å². The number of rotatable bonds is 4. The molecule has 0 atom stereocenters. The highest BCUT2D eigenvalue weighted by Crippen LogP contribution is 2.30. The Hall–Kier alpha value is -3.05. The molecule has 6 heteroatoms. The molecule has 0 aliphatic rings. The van der Waals surface area contributed by atoms with Gasteiger partial charge in [-0.25, -0.2) is 4.98 Å². The molecule has 0 fully saturated rings. The van der Waals surface area contributed by atoms with E-state index in [1.165, 1.54) is 12.1 Å². The van der Waals surface area contributed by atoms with Crippen LogP contribution in [0.1, 0.15) is 22.5 Å². The summed E-state index contributed by atoms with van der Waals surface area (Å²) < 4.78 is 41.1. The molecular formula is C23H16ClF3N2. The van der Waals surface area contributed by atoms with Crippen molar-refractivity contribution in [2.24, 2.45) is 0 Å². The Kier molecular flexibility index (Phi) is 5.16. The van der Waals surface area contributed by atoms with Crippen LogP contribution in [0.3, 0.4) is 0 Å². The molecule has 0 bridgehead atoms. The summed E-state index contributed by atoms with van der Waals surface area (Å²) in [4.78, 5) is 4.64. The van der Waals surface area contributed by atoms with Gasteiger partial charge in [0, 0.05) is 11.6 Å². The second-order valence-electron chi connectivity index (χ2n) is 6.63. The van der Waals surface area contributed by atoms with Crippen molar-refractivity contribution < 1.29 is 13.2 Å². The van der Waals surface area contributed by atoms with Crippen LogP contribution in [0, 0.1) is 0 Å². The number of halogens is 4. The van der Waals surface area contributed by atoms with E-state index in [0.717, 1.165) is 22.7 Å². The van der Waals surface area contributed by atoms with Crippen LogP contribution in [0.25, 0.3) is 23.2 Å². The van der Waals surface area contributed by atoms with Gasteiger partial charge in [-0.3, -0.25) is 0 Å². The summed E-state index contributed by atoms with van der Waals surface area (Å²) in [7, 11) is 0. The summed E-state index contributed by atoms with van der Waals surface area (Å²) in [6.07, 6.45) is -0.610. The zero-order chi connectivity index (χ0) is 20.4. The Balaban J connectivity index is 1.73. The van der Waals surface area contributed by atoms with E-state index in [-0.39, 0.29) is 6.54 Å². The van der Waals surface area contributed by atoms with Crippen LogP contribution in [0.15, 0.2) is 72.8 Å². The highest BCUT2D eigenvalue weighted by molar-refractivity contribution is 6.30. The predicted molar refractivity (Wildman–Crippen MR) is 111 cm³/mol. The number of alkyl halides is 3. The first-order chi connectivity index (χ1) is 13.9. The molecule has 0 saturated carbocycles. The van der Waals surface area contributed by atoms with Gasteiger partial charge in [0.05, 0.1) is 16.6 Å². The van der Waals surface area contributed by atoms with Crippen molar-refractivity contribution in [3.63, 3.8) is 0 Å². The fourth-order valence-corrected chi connectivity index (χ4v) is 3.29. The van der Waals surface area contributed by atoms with Gasteiger partial charge < -0.3 is 4.57 Å². The molecule has 0 N–H and O–H groups in total. The standard InChI is InChI=1S/C23H16ClF3N2/c24-19-11-8-16(9-12-19)10-13-22-28-20-6-1-2-7-21(20)29(22)15-17-4-3-5-18(14-17)23(25,26)27/h1-14H,15H2/b13-10+. The Morgan fingerprint density at radius 1 is 0.897 bits per heavy atom. The highest BCUT2D eigenvalue weighted by Gasteiger charge is 2.30. The second kappa shape index (κ2) is 7.76. The maximum absolute atomic E-state index is 13.1. The van der Waals surface area contributed by atoms with Crippen LogP contribution in [0.2, 0.25) is 5.02 Å². The normalized spacial score (nSPS) is 12.1. The molecule has 1 aromatic heterocycles. The molecule has 0 radical (unpaired) electrons. The van der Waals surface area contributed by atoms with E-state index in [0.29, 0.717) is 16.4 Å². The van der Waals surface area contributed by atoms with E-state index < -0.39 is 11.7 Å². The van der Waals surface area contributed by atoms with E-state index in [4.69, 9.17) is 11.6 Å². The lowest BCUT2D eigenvalue weighted by Crippen LogP contribution is -2.07. The maximum atomic E-state index is 13.1. The number of hydrogen-bond donors (Lipinski definition) is 0. The van der Waals surface area contributed by atoms with E-state index in [1.807, 2.05) is 53.1 Å². The van der Waals surface area contributed by atoms with E-state index in [9.17, 15) is 13.2 Å². The smallest absolute Gasteiger partial charge is 0.320 e. The Morgan fingerprint density at radius 3 is 2.41 bits per heavy atom. The fourth-order valence-electron chi connectivity index (χ4n) is 3.16. The quantitative estimate of drug-likeness (QED) is 0.355. The number of para-hydroxylation sites is 2. The van der Waals surface area contributed by atoms with Gasteiger partial charge in [0.25, 0.3) is 0 Å². The molecular weight excluding hydrogens is 397 g/mol. The highest BCUT2D eigenvalue weighted by atomic mass is 35.5. The first kappa shape index (κ1) is 19.3. The van der Waals surface area contributed by atoms with Gasteiger partial charge in [-0.15, -0.1) is 0 Å². The van der Waals surface area contributed by atoms with Crippen LogP contribution in [0.4, 0.5) is 13.2 Å². The zero-order valence-corrected chi connectivity index (χ0v) is 16.0. The van der Waals surface area contributed by atoms with Gasteiger partial charge in [0.2, 0.25) is 0 Å². The van der Waals surface area contributed by atoms with Crippen molar-refractivity contribution >= 4 is 34.8 Å². The zero-order valence-electron chi connectivity index (χ0n) is 15.2. The molecule has 29 heavy (non-hydrogen) atoms. The third-order valence-corrected chi connectivity index (χ3v) is 4.83. The van der Waals surface area contributed by atoms with Crippen molar-refractivity contribution in [3.05, 3.63) is 100 Å². The monoisotopic (exact) mass is 412 g/mol. The van der Waals surface area contributed by atoms with Crippen molar-refractivity contribution in [2.45, 2.75) is 12.7 Å². The fraction of sp³-hybridized carbons (Fsp3) is 0.0870. The molecule has 4 rings (SSSR count). The second-order valence-corrected chi connectivity index (χ2v) is 7.06. The molecule has 0 unspecified atom stereocenters. The Bertz CT molecular complexity index is 1170. The van der Waals surface area contributed by atoms with Crippen LogP contribution in [0.5, 0.6) is 0 Å². The lowest BCUT2D eigenvalue weighted by Gasteiger charge is -2.11. The van der Waals surface area contributed by atoms with Gasteiger partial charge in [-0.05, 0) is 53.6 Å². The minimum Gasteiger partial charge on any atom is -0.320 e. The summed E-state index contributed by atoms with van der Waals surface area (Å²) >= 11 is 5.92. The molecule has 146 valence electrons. The molecule has 2 nitrogen and oxygen atoms in total. The topological polar surface area (TPSA) is 17.8 Å². The van der Waals surface area contributed by atoms with Gasteiger partial charge in [0.1, 0.15) is 5.82 Å². The first-order valence-electron chi connectivity index (χ1n) is 8.95. The molecule has 3 aromatic carbocycles. The molecule has 0 aliphatic heterocycles. The Morgan fingerprint density at radius 2 is 1.66 bits per heavy atom. The summed E-state index contributed by atoms with van der Waals surface area (Å²) in [5.41, 5.74) is 2.50. The third-order valence-electron chi connectivity index (χ3n) is 4.57. The number of nitrogens with zero attached hydrogens (tertiary/aromatic N) is 2. The SMILES string of the molecule is FC(F)(F)c1cccc(Cn2c(/C=C/c3ccc(Cl)cc3)nc3ccccc32)c1. The Labute approximate surface area is 170 Å². The van der Waals surface area contributed by atoms with Gasteiger partial charge in [-0.2, -0.15) is 13.2 Å². The van der Waals surface area contributed by atoms with E-state index in [2.05, 4.69) is 4.98 Å². The van der Waals surface area contributed by atoms with Crippen LogP contribution < -0.4 is 0 Å². The summed E-state index contributed by atoms with van der Waals surface area (Å²) in [5, 5.41) is 0.652. The van der Waals surface area contributed by atoms with Crippen molar-refractivity contribution in [3.8, 4) is 0 Å². The lowest BCUT2D eigenvalue weighted by atomic mass is 10.1. The minimum atomic E-state index is -4.37. The molecule has 0 amide bonds. The average Bonchev–Trinajstić information content (AvgIpc) is 3.05.